The van der Waals surface area contributed by atoms with Crippen molar-refractivity contribution in [3.63, 3.8) is 0 Å². The molecule has 1 saturated heterocycles. The van der Waals surface area contributed by atoms with Crippen molar-refractivity contribution in [1.82, 2.24) is 18.8 Å². The quantitative estimate of drug-likeness (QED) is 0.591. The number of fused-ring (bicyclic) bond motifs is 1. The summed E-state index contributed by atoms with van der Waals surface area (Å²) in [7, 11) is -1.57. The van der Waals surface area contributed by atoms with Crippen LogP contribution in [0.5, 0.6) is 0 Å². The lowest BCUT2D eigenvalue weighted by Gasteiger charge is -2.25. The molecule has 1 unspecified atom stereocenters. The van der Waals surface area contributed by atoms with Gasteiger partial charge in [-0.3, -0.25) is 4.79 Å². The Morgan fingerprint density at radius 2 is 1.97 bits per heavy atom. The van der Waals surface area contributed by atoms with Gasteiger partial charge in [0.2, 0.25) is 15.9 Å². The van der Waals surface area contributed by atoms with Gasteiger partial charge in [0, 0.05) is 45.6 Å². The van der Waals surface area contributed by atoms with Crippen molar-refractivity contribution in [3.8, 4) is 0 Å². The van der Waals surface area contributed by atoms with Gasteiger partial charge in [0.1, 0.15) is 5.82 Å². The summed E-state index contributed by atoms with van der Waals surface area (Å²) in [6.45, 7) is 6.21. The lowest BCUT2D eigenvalue weighted by Crippen LogP contribution is -2.36. The Labute approximate surface area is 185 Å². The van der Waals surface area contributed by atoms with E-state index in [4.69, 9.17) is 4.98 Å². The van der Waals surface area contributed by atoms with Crippen LogP contribution in [0.2, 0.25) is 0 Å². The molecule has 1 aromatic heterocycles. The van der Waals surface area contributed by atoms with Crippen LogP contribution in [0.1, 0.15) is 58.2 Å². The van der Waals surface area contributed by atoms with Crippen LogP contribution in [0.3, 0.4) is 0 Å². The second-order valence-electron chi connectivity index (χ2n) is 9.02. The number of carbonyl (C=O) groups is 1. The highest BCUT2D eigenvalue weighted by Gasteiger charge is 2.32. The molecule has 2 aromatic rings. The fraction of sp³-hybridized carbons (Fsp3) is 0.652. The second-order valence-corrected chi connectivity index (χ2v) is 11.0. The number of sulfonamides is 1. The number of benzene rings is 1. The van der Waals surface area contributed by atoms with Gasteiger partial charge < -0.3 is 9.47 Å². The predicted molar refractivity (Wildman–Crippen MR) is 121 cm³/mol. The van der Waals surface area contributed by atoms with E-state index in [2.05, 4.69) is 18.4 Å². The number of aryl methyl sites for hydroxylation is 2. The molecule has 1 atom stereocenters. The lowest BCUT2D eigenvalue weighted by atomic mass is 10.1. The molecule has 0 spiro atoms. The molecule has 0 N–H and O–H groups in total. The molecule has 1 aliphatic heterocycles. The number of hydrogen-bond acceptors (Lipinski definition) is 4. The fourth-order valence-electron chi connectivity index (χ4n) is 4.58. The van der Waals surface area contributed by atoms with Gasteiger partial charge in [-0.15, -0.1) is 0 Å². The van der Waals surface area contributed by atoms with E-state index in [0.717, 1.165) is 37.1 Å². The Hall–Kier alpha value is -1.93. The Balaban J connectivity index is 1.56. The smallest absolute Gasteiger partial charge is 0.243 e. The molecular formula is C23H34N4O3S. The molecule has 7 nitrogen and oxygen atoms in total. The molecular weight excluding hydrogens is 412 g/mol. The summed E-state index contributed by atoms with van der Waals surface area (Å²) < 4.78 is 29.6. The van der Waals surface area contributed by atoms with Gasteiger partial charge in [-0.05, 0) is 63.1 Å². The number of imidazole rings is 1. The molecule has 2 heterocycles. The van der Waals surface area contributed by atoms with Crippen molar-refractivity contribution in [2.24, 2.45) is 5.92 Å². The second kappa shape index (κ2) is 8.90. The molecule has 1 aromatic carbocycles. The van der Waals surface area contributed by atoms with Gasteiger partial charge in [0.15, 0.2) is 0 Å². The molecule has 1 saturated carbocycles. The monoisotopic (exact) mass is 446 g/mol. The van der Waals surface area contributed by atoms with Gasteiger partial charge in [-0.25, -0.2) is 13.4 Å². The first-order valence-corrected chi connectivity index (χ1v) is 13.0. The summed E-state index contributed by atoms with van der Waals surface area (Å²) >= 11 is 0. The number of hydrogen-bond donors (Lipinski definition) is 0. The maximum absolute atomic E-state index is 13.0. The molecule has 0 radical (unpaired) electrons. The maximum Gasteiger partial charge on any atom is 0.243 e. The Morgan fingerprint density at radius 1 is 1.26 bits per heavy atom. The first-order valence-electron chi connectivity index (χ1n) is 11.6. The molecule has 4 rings (SSSR count). The van der Waals surface area contributed by atoms with Crippen LogP contribution in [-0.4, -0.2) is 59.3 Å². The first kappa shape index (κ1) is 22.3. The lowest BCUT2D eigenvalue weighted by molar-refractivity contribution is -0.132. The minimum absolute atomic E-state index is 0.145. The largest absolute Gasteiger partial charge is 0.343 e. The van der Waals surface area contributed by atoms with Crippen molar-refractivity contribution in [1.29, 1.82) is 0 Å². The average Bonchev–Trinajstić information content (AvgIpc) is 3.33. The zero-order valence-electron chi connectivity index (χ0n) is 18.9. The van der Waals surface area contributed by atoms with Gasteiger partial charge in [-0.1, -0.05) is 6.92 Å². The molecule has 1 amide bonds. The van der Waals surface area contributed by atoms with Gasteiger partial charge in [0.25, 0.3) is 0 Å². The molecule has 0 bridgehead atoms. The summed E-state index contributed by atoms with van der Waals surface area (Å²) in [4.78, 5) is 19.7. The van der Waals surface area contributed by atoms with Crippen molar-refractivity contribution in [2.75, 3.05) is 20.1 Å². The van der Waals surface area contributed by atoms with Crippen LogP contribution in [0.4, 0.5) is 0 Å². The summed E-state index contributed by atoms with van der Waals surface area (Å²) in [5.74, 6) is 1.65. The van der Waals surface area contributed by atoms with Crippen molar-refractivity contribution >= 4 is 27.0 Å². The first-order chi connectivity index (χ1) is 14.8. The van der Waals surface area contributed by atoms with Crippen LogP contribution in [0.25, 0.3) is 11.0 Å². The van der Waals surface area contributed by atoms with Crippen molar-refractivity contribution in [2.45, 2.75) is 76.3 Å². The molecule has 170 valence electrons. The zero-order chi connectivity index (χ0) is 22.2. The summed E-state index contributed by atoms with van der Waals surface area (Å²) in [6.07, 6.45) is 6.18. The number of amides is 1. The van der Waals surface area contributed by atoms with Crippen LogP contribution in [0, 0.1) is 5.92 Å². The number of aromatic nitrogens is 2. The van der Waals surface area contributed by atoms with E-state index >= 15 is 0 Å². The third-order valence-corrected chi connectivity index (χ3v) is 8.71. The minimum atomic E-state index is -3.47. The van der Waals surface area contributed by atoms with Crippen molar-refractivity contribution < 1.29 is 13.2 Å². The zero-order valence-corrected chi connectivity index (χ0v) is 19.7. The van der Waals surface area contributed by atoms with Crippen LogP contribution in [0.15, 0.2) is 23.1 Å². The summed E-state index contributed by atoms with van der Waals surface area (Å²) in [6, 6.07) is 5.56. The normalized spacial score (nSPS) is 18.5. The van der Waals surface area contributed by atoms with E-state index in [1.165, 1.54) is 12.8 Å². The number of rotatable bonds is 9. The van der Waals surface area contributed by atoms with E-state index in [9.17, 15) is 13.2 Å². The third kappa shape index (κ3) is 4.51. The fourth-order valence-corrected chi connectivity index (χ4v) is 6.12. The van der Waals surface area contributed by atoms with Crippen LogP contribution in [-0.2, 0) is 27.8 Å². The maximum atomic E-state index is 13.0. The molecule has 2 fully saturated rings. The van der Waals surface area contributed by atoms with Gasteiger partial charge in [-0.2, -0.15) is 4.31 Å². The molecule has 8 heteroatoms. The SMILES string of the molecule is CCCn1c(CCC(=O)N(C)C(C)C2CC2)nc2cc(S(=O)(=O)N3CCCC3)ccc21. The third-order valence-electron chi connectivity index (χ3n) is 6.82. The molecule has 1 aliphatic carbocycles. The van der Waals surface area contributed by atoms with Crippen LogP contribution < -0.4 is 0 Å². The Morgan fingerprint density at radius 3 is 2.61 bits per heavy atom. The Bertz CT molecular complexity index is 1050. The van der Waals surface area contributed by atoms with E-state index < -0.39 is 10.0 Å². The number of carbonyl (C=O) groups excluding carboxylic acids is 1. The minimum Gasteiger partial charge on any atom is -0.343 e. The summed E-state index contributed by atoms with van der Waals surface area (Å²) in [5, 5.41) is 0. The average molecular weight is 447 g/mol. The van der Waals surface area contributed by atoms with E-state index in [1.807, 2.05) is 18.0 Å². The van der Waals surface area contributed by atoms with Gasteiger partial charge in [0.05, 0.1) is 15.9 Å². The molecule has 31 heavy (non-hydrogen) atoms. The van der Waals surface area contributed by atoms with Gasteiger partial charge >= 0.3 is 0 Å². The van der Waals surface area contributed by atoms with Crippen LogP contribution >= 0.6 is 0 Å². The Kier molecular flexibility index (Phi) is 6.40. The topological polar surface area (TPSA) is 75.5 Å². The highest BCUT2D eigenvalue weighted by Crippen LogP contribution is 2.35. The number of nitrogens with zero attached hydrogens (tertiary/aromatic N) is 4. The van der Waals surface area contributed by atoms with E-state index in [1.54, 1.807) is 16.4 Å². The summed E-state index contributed by atoms with van der Waals surface area (Å²) in [5.41, 5.74) is 1.63. The predicted octanol–water partition coefficient (Wildman–Crippen LogP) is 3.42. The standard InChI is InChI=1S/C23H34N4O3S/c1-4-13-27-21-10-9-19(31(29,30)26-14-5-6-15-26)16-20(21)24-22(27)11-12-23(28)25(3)17(2)18-7-8-18/h9-10,16-18H,4-8,11-15H2,1-3H3. The highest BCUT2D eigenvalue weighted by molar-refractivity contribution is 7.89. The van der Waals surface area contributed by atoms with E-state index in [0.29, 0.717) is 48.3 Å². The van der Waals surface area contributed by atoms with Crippen molar-refractivity contribution in [3.05, 3.63) is 24.0 Å². The van der Waals surface area contributed by atoms with E-state index in [-0.39, 0.29) is 5.91 Å². The highest BCUT2D eigenvalue weighted by atomic mass is 32.2. The molecule has 2 aliphatic rings.